The Morgan fingerprint density at radius 2 is 1.86 bits per heavy atom. The highest BCUT2D eigenvalue weighted by molar-refractivity contribution is 6.00. The molecule has 260 valence electrons. The molecule has 2 bridgehead atoms. The Morgan fingerprint density at radius 1 is 1.04 bits per heavy atom. The van der Waals surface area contributed by atoms with E-state index in [4.69, 9.17) is 20.4 Å². The van der Waals surface area contributed by atoms with E-state index in [2.05, 4.69) is 20.9 Å². The van der Waals surface area contributed by atoms with Gasteiger partial charge >= 0.3 is 0 Å². The van der Waals surface area contributed by atoms with Crippen molar-refractivity contribution in [3.63, 3.8) is 0 Å². The zero-order valence-electron chi connectivity index (χ0n) is 28.3. The maximum Gasteiger partial charge on any atom is 0.280 e. The number of likely N-dealkylation sites (tertiary alicyclic amines) is 1. The summed E-state index contributed by atoms with van der Waals surface area (Å²) in [5.41, 5.74) is 10.4. The van der Waals surface area contributed by atoms with Crippen molar-refractivity contribution in [2.24, 2.45) is 24.6 Å². The zero-order chi connectivity index (χ0) is 34.8. The zero-order valence-corrected chi connectivity index (χ0v) is 28.3. The quantitative estimate of drug-likeness (QED) is 0.201. The molecule has 5 aromatic rings. The summed E-state index contributed by atoms with van der Waals surface area (Å²) in [6.45, 7) is 3.13. The Morgan fingerprint density at radius 3 is 2.62 bits per heavy atom. The van der Waals surface area contributed by atoms with Crippen LogP contribution in [0.5, 0.6) is 5.75 Å². The second kappa shape index (κ2) is 12.4. The lowest BCUT2D eigenvalue weighted by molar-refractivity contribution is 0.0603. The molecule has 2 amide bonds. The van der Waals surface area contributed by atoms with E-state index >= 15 is 0 Å². The number of pyridine rings is 2. The van der Waals surface area contributed by atoms with Gasteiger partial charge in [0, 0.05) is 54.9 Å². The molecule has 1 aromatic carbocycles. The first-order valence-electron chi connectivity index (χ1n) is 17.3. The van der Waals surface area contributed by atoms with Gasteiger partial charge in [-0.25, -0.2) is 18.7 Å². The number of methoxy groups -OCH3 is 1. The van der Waals surface area contributed by atoms with Gasteiger partial charge in [-0.15, -0.1) is 0 Å². The maximum absolute atomic E-state index is 13.9. The topological polar surface area (TPSA) is 133 Å². The summed E-state index contributed by atoms with van der Waals surface area (Å²) in [6.07, 6.45) is 3.70. The fraction of sp³-hybridized carbons (Fsp3) is 0.432. The predicted molar refractivity (Wildman–Crippen MR) is 184 cm³/mol. The molecule has 0 radical (unpaired) electrons. The number of piperidine rings is 1. The molecular weight excluding hydrogens is 642 g/mol. The van der Waals surface area contributed by atoms with Crippen LogP contribution in [-0.4, -0.2) is 66.5 Å². The normalized spacial score (nSPS) is 20.9. The molecule has 13 heteroatoms. The number of alkyl halides is 2. The summed E-state index contributed by atoms with van der Waals surface area (Å²) in [4.78, 5) is 42.6. The van der Waals surface area contributed by atoms with Gasteiger partial charge in [-0.3, -0.25) is 14.6 Å². The van der Waals surface area contributed by atoms with Crippen LogP contribution >= 0.6 is 0 Å². The number of hydrogen-bond acceptors (Lipinski definition) is 7. The first-order chi connectivity index (χ1) is 24.1. The van der Waals surface area contributed by atoms with Crippen LogP contribution < -0.4 is 15.8 Å². The van der Waals surface area contributed by atoms with Gasteiger partial charge in [0.15, 0.2) is 5.82 Å². The summed E-state index contributed by atoms with van der Waals surface area (Å²) in [5.74, 6) is 1.77. The van der Waals surface area contributed by atoms with Crippen molar-refractivity contribution < 1.29 is 23.1 Å². The maximum atomic E-state index is 13.9. The Balaban J connectivity index is 1.14. The molecule has 3 N–H and O–H groups in total. The van der Waals surface area contributed by atoms with Gasteiger partial charge in [-0.2, -0.15) is 0 Å². The number of rotatable bonds is 9. The van der Waals surface area contributed by atoms with Crippen molar-refractivity contribution in [1.82, 2.24) is 34.3 Å². The number of ether oxygens (including phenoxy) is 1. The highest BCUT2D eigenvalue weighted by atomic mass is 19.3. The minimum absolute atomic E-state index is 0.00545. The minimum atomic E-state index is -2.77. The number of aryl methyl sites for hydroxylation is 1. The number of carbonyl (C=O) groups is 2. The number of hydrogen-bond donors (Lipinski definition) is 2. The number of fused-ring (bicyclic) bond motifs is 4. The molecule has 1 saturated heterocycles. The second-order valence-electron chi connectivity index (χ2n) is 14.1. The number of halogens is 2. The van der Waals surface area contributed by atoms with E-state index < -0.39 is 24.1 Å². The van der Waals surface area contributed by atoms with E-state index in [1.807, 2.05) is 47.7 Å². The number of nitrogens with one attached hydrogen (secondary N) is 1. The average Bonchev–Trinajstić information content (AvgIpc) is 3.58. The van der Waals surface area contributed by atoms with E-state index in [0.29, 0.717) is 40.9 Å². The molecule has 5 heterocycles. The summed E-state index contributed by atoms with van der Waals surface area (Å²) in [5, 5.41) is 3.81. The predicted octanol–water partition coefficient (Wildman–Crippen LogP) is 5.78. The summed E-state index contributed by atoms with van der Waals surface area (Å²) in [6, 6.07) is 11.8. The van der Waals surface area contributed by atoms with E-state index in [1.165, 1.54) is 12.3 Å². The van der Waals surface area contributed by atoms with Crippen LogP contribution in [0.2, 0.25) is 0 Å². The fourth-order valence-corrected chi connectivity index (χ4v) is 7.80. The molecule has 1 aliphatic heterocycles. The average molecular weight is 683 g/mol. The molecule has 0 unspecified atom stereocenters. The monoisotopic (exact) mass is 682 g/mol. The van der Waals surface area contributed by atoms with Crippen molar-refractivity contribution in [2.75, 3.05) is 13.7 Å². The van der Waals surface area contributed by atoms with Crippen LogP contribution in [-0.2, 0) is 13.6 Å². The van der Waals surface area contributed by atoms with Gasteiger partial charge in [0.05, 0.1) is 30.1 Å². The third-order valence-electron chi connectivity index (χ3n) is 10.8. The molecule has 0 spiro atoms. The van der Waals surface area contributed by atoms with E-state index in [9.17, 15) is 18.4 Å². The fourth-order valence-electron chi connectivity index (χ4n) is 7.80. The van der Waals surface area contributed by atoms with Crippen molar-refractivity contribution >= 4 is 33.9 Å². The Bertz CT molecular complexity index is 2140. The van der Waals surface area contributed by atoms with Gasteiger partial charge in [-0.05, 0) is 93.3 Å². The summed E-state index contributed by atoms with van der Waals surface area (Å²) < 4.78 is 36.4. The third kappa shape index (κ3) is 5.66. The number of amides is 2. The Labute approximate surface area is 287 Å². The molecule has 2 aliphatic carbocycles. The molecule has 4 atom stereocenters. The SMILES string of the molecule is COc1cc(C(=O)N2C[C@H](N)[C@@H]3CC[C@H]2C3)cc2nc(-c3cc4ccc([C@@H](C)NC(=O)c5ccnc(C(F)F)c5)nc4n3CC3CC3)n(C)c12. The first kappa shape index (κ1) is 32.3. The van der Waals surface area contributed by atoms with Crippen LogP contribution in [0.3, 0.4) is 0 Å². The number of carbonyl (C=O) groups excluding carboxylic acids is 2. The minimum Gasteiger partial charge on any atom is -0.494 e. The van der Waals surface area contributed by atoms with Gasteiger partial charge in [0.1, 0.15) is 22.6 Å². The van der Waals surface area contributed by atoms with E-state index in [1.54, 1.807) is 7.11 Å². The lowest BCUT2D eigenvalue weighted by Gasteiger charge is -2.37. The van der Waals surface area contributed by atoms with Gasteiger partial charge in [0.2, 0.25) is 0 Å². The lowest BCUT2D eigenvalue weighted by atomic mass is 9.94. The molecule has 4 aromatic heterocycles. The van der Waals surface area contributed by atoms with Crippen molar-refractivity contribution in [1.29, 1.82) is 0 Å². The molecule has 3 aliphatic rings. The van der Waals surface area contributed by atoms with Crippen molar-refractivity contribution in [3.05, 3.63) is 71.2 Å². The number of aromatic nitrogens is 5. The third-order valence-corrected chi connectivity index (χ3v) is 10.8. The molecular formula is C37H40F2N8O3. The highest BCUT2D eigenvalue weighted by Crippen LogP contribution is 2.40. The Hall–Kier alpha value is -4.91. The van der Waals surface area contributed by atoms with Crippen LogP contribution in [0.25, 0.3) is 33.6 Å². The van der Waals surface area contributed by atoms with Gasteiger partial charge in [0.25, 0.3) is 18.2 Å². The van der Waals surface area contributed by atoms with Crippen LogP contribution in [0.1, 0.15) is 83.6 Å². The smallest absolute Gasteiger partial charge is 0.280 e. The van der Waals surface area contributed by atoms with Crippen LogP contribution in [0.15, 0.2) is 48.7 Å². The van der Waals surface area contributed by atoms with E-state index in [0.717, 1.165) is 72.8 Å². The summed E-state index contributed by atoms with van der Waals surface area (Å²) in [7, 11) is 3.56. The molecule has 11 nitrogen and oxygen atoms in total. The molecule has 2 saturated carbocycles. The molecule has 8 rings (SSSR count). The second-order valence-corrected chi connectivity index (χ2v) is 14.1. The Kier molecular flexibility index (Phi) is 8.04. The van der Waals surface area contributed by atoms with Crippen molar-refractivity contribution in [3.8, 4) is 17.3 Å². The molecule has 50 heavy (non-hydrogen) atoms. The summed E-state index contributed by atoms with van der Waals surface area (Å²) >= 11 is 0. The number of imidazole rings is 1. The highest BCUT2D eigenvalue weighted by Gasteiger charge is 2.41. The van der Waals surface area contributed by atoms with Crippen LogP contribution in [0, 0.1) is 11.8 Å². The number of nitrogens with two attached hydrogens (primary N) is 1. The number of nitrogens with zero attached hydrogens (tertiary/aromatic N) is 6. The van der Waals surface area contributed by atoms with E-state index in [-0.39, 0.29) is 23.6 Å². The van der Waals surface area contributed by atoms with Crippen LogP contribution in [0.4, 0.5) is 8.78 Å². The first-order valence-corrected chi connectivity index (χ1v) is 17.3. The largest absolute Gasteiger partial charge is 0.494 e. The standard InChI is InChI=1S/C37H40F2N8O3/c1-19(42-36(48)23-10-11-41-29(13-23)33(38)39)27-9-7-22-15-30(47(34(22)43-27)17-20-4-5-20)35-44-28-14-24(16-31(50-3)32(28)45(35)2)37(49)46-18-26(40)21-6-8-25(46)12-21/h7,9-11,13-16,19-21,25-26,33H,4-6,8,12,17-18,40H2,1-3H3,(H,42,48)/t19-,21-,25+,26+/m1/s1. The van der Waals surface area contributed by atoms with Gasteiger partial charge in [-0.1, -0.05) is 0 Å². The number of benzene rings is 1. The van der Waals surface area contributed by atoms with Gasteiger partial charge < -0.3 is 29.8 Å². The lowest BCUT2D eigenvalue weighted by Crippen LogP contribution is -2.51. The van der Waals surface area contributed by atoms with Crippen molar-refractivity contribution in [2.45, 2.75) is 70.1 Å². The molecule has 3 fully saturated rings.